The average molecular weight is 430 g/mol. The second-order valence-corrected chi connectivity index (χ2v) is 5.25. The molecule has 146 valence electrons. The summed E-state index contributed by atoms with van der Waals surface area (Å²) in [5, 5.41) is -7.52. The average Bonchev–Trinajstić information content (AvgIpc) is 2.24. The maximum absolute atomic E-state index is 12.7. The summed E-state index contributed by atoms with van der Waals surface area (Å²) < 4.78 is 188. The van der Waals surface area contributed by atoms with E-state index in [9.17, 15) is 65.5 Å². The van der Waals surface area contributed by atoms with Gasteiger partial charge in [0.25, 0.3) is 0 Å². The number of hydrogen-bond acceptors (Lipinski definition) is 2. The van der Waals surface area contributed by atoms with Crippen LogP contribution in [-0.2, 0) is 10.1 Å². The van der Waals surface area contributed by atoms with Gasteiger partial charge in [0.1, 0.15) is 0 Å². The molecule has 24 heavy (non-hydrogen) atoms. The number of rotatable bonds is 5. The monoisotopic (exact) mass is 430 g/mol. The van der Waals surface area contributed by atoms with Gasteiger partial charge in [-0.15, -0.1) is 0 Å². The van der Waals surface area contributed by atoms with Crippen LogP contribution in [0.3, 0.4) is 0 Å². The maximum atomic E-state index is 12.7. The Balaban J connectivity index is 0. The number of halogens is 13. The van der Waals surface area contributed by atoms with Gasteiger partial charge in [0.15, 0.2) is 17.4 Å². The lowest BCUT2D eigenvalue weighted by Crippen LogP contribution is -2.71. The van der Waals surface area contributed by atoms with Crippen molar-refractivity contribution in [2.24, 2.45) is 0 Å². The molecule has 0 amide bonds. The van der Waals surface area contributed by atoms with Crippen LogP contribution in [0.15, 0.2) is 0 Å². The molecule has 1 N–H and O–H groups in total. The highest BCUT2D eigenvalue weighted by atomic mass is 32.2. The summed E-state index contributed by atoms with van der Waals surface area (Å²) in [4.78, 5) is 0. The zero-order valence-electron chi connectivity index (χ0n) is 9.59. The Morgan fingerprint density at radius 1 is 0.542 bits per heavy atom. The van der Waals surface area contributed by atoms with E-state index < -0.39 is 45.2 Å². The van der Waals surface area contributed by atoms with E-state index in [1.807, 2.05) is 0 Å². The van der Waals surface area contributed by atoms with Crippen molar-refractivity contribution in [3.05, 3.63) is 0 Å². The largest absolute Gasteiger partial charge is 0.460 e. The molecule has 0 rings (SSSR count). The first-order chi connectivity index (χ1) is 9.50. The summed E-state index contributed by atoms with van der Waals surface area (Å²) >= 11 is 0. The first-order valence-corrected chi connectivity index (χ1v) is 5.87. The topological polar surface area (TPSA) is 54.4 Å². The van der Waals surface area contributed by atoms with Crippen LogP contribution >= 0.6 is 0 Å². The summed E-state index contributed by atoms with van der Waals surface area (Å²) in [6.07, 6.45) is -7.59. The lowest BCUT2D eigenvalue weighted by molar-refractivity contribution is -0.433. The Labute approximate surface area is 133 Å². The number of alkyl halides is 13. The molecule has 18 heteroatoms. The van der Waals surface area contributed by atoms with Crippen LogP contribution in [-0.4, -0.2) is 65.5 Å². The highest BCUT2D eigenvalue weighted by molar-refractivity contribution is 7.87. The summed E-state index contributed by atoms with van der Waals surface area (Å²) in [7, 11) is -7.61. The molecule has 3 nitrogen and oxygen atoms in total. The van der Waals surface area contributed by atoms with Crippen LogP contribution < -0.4 is 0 Å². The highest BCUT2D eigenvalue weighted by Gasteiger charge is 2.92. The Morgan fingerprint density at radius 3 is 1.00 bits per heavy atom. The van der Waals surface area contributed by atoms with Crippen molar-refractivity contribution < 1.29 is 70.0 Å². The van der Waals surface area contributed by atoms with Crippen LogP contribution in [0.2, 0.25) is 0 Å². The van der Waals surface area contributed by atoms with Crippen molar-refractivity contribution in [1.29, 1.82) is 0 Å². The Kier molecular flexibility index (Phi) is 6.50. The van der Waals surface area contributed by atoms with Gasteiger partial charge in [-0.3, -0.25) is 4.55 Å². The third kappa shape index (κ3) is 3.17. The summed E-state index contributed by atoms with van der Waals surface area (Å²) in [5.41, 5.74) is 0. The minimum Gasteiger partial charge on any atom is -0.281 e. The van der Waals surface area contributed by atoms with Crippen molar-refractivity contribution >= 4 is 27.5 Å². The molecule has 0 heterocycles. The molecule has 0 unspecified atom stereocenters. The van der Waals surface area contributed by atoms with E-state index in [1.165, 1.54) is 0 Å². The van der Waals surface area contributed by atoms with Gasteiger partial charge in [-0.2, -0.15) is 65.5 Å². The molecule has 0 atom stereocenters. The van der Waals surface area contributed by atoms with E-state index in [4.69, 9.17) is 4.55 Å². The normalized spacial score (nSPS) is 15.9. The molecule has 0 aromatic rings. The van der Waals surface area contributed by atoms with Gasteiger partial charge in [-0.1, -0.05) is 0 Å². The summed E-state index contributed by atoms with van der Waals surface area (Å²) in [6, 6.07) is 0. The fourth-order valence-corrected chi connectivity index (χ4v) is 1.37. The van der Waals surface area contributed by atoms with E-state index in [0.717, 1.165) is 0 Å². The SMILES string of the molecule is O=S(=O)(O)C(F)(F)C(F)(F)C(F)(F)C(F)(F)C(F)(F)C(F)(F)F.[AlH3]. The van der Waals surface area contributed by atoms with Gasteiger partial charge < -0.3 is 0 Å². The second kappa shape index (κ2) is 6.06. The minimum atomic E-state index is -8.25. The third-order valence-electron chi connectivity index (χ3n) is 2.23. The molecule has 0 aromatic carbocycles. The zero-order chi connectivity index (χ0) is 19.5. The lowest BCUT2D eigenvalue weighted by Gasteiger charge is -2.38. The first kappa shape index (κ1) is 25.8. The molecule has 0 saturated heterocycles. The van der Waals surface area contributed by atoms with E-state index >= 15 is 0 Å². The van der Waals surface area contributed by atoms with Crippen LogP contribution in [0.4, 0.5) is 57.1 Å². The summed E-state index contributed by atoms with van der Waals surface area (Å²) in [5.74, 6) is -32.5. The van der Waals surface area contributed by atoms with E-state index in [1.54, 1.807) is 0 Å². The predicted octanol–water partition coefficient (Wildman–Crippen LogP) is 2.39. The molecule has 0 bridgehead atoms. The van der Waals surface area contributed by atoms with Crippen LogP contribution in [0.25, 0.3) is 0 Å². The molecular formula is C6H4AlF13O3S. The molecule has 0 spiro atoms. The molecule has 0 saturated carbocycles. The third-order valence-corrected chi connectivity index (χ3v) is 3.13. The van der Waals surface area contributed by atoms with Crippen molar-refractivity contribution in [2.45, 2.75) is 35.1 Å². The fourth-order valence-electron chi connectivity index (χ4n) is 0.917. The van der Waals surface area contributed by atoms with Gasteiger partial charge >= 0.3 is 45.2 Å². The quantitative estimate of drug-likeness (QED) is 0.414. The zero-order valence-corrected chi connectivity index (χ0v) is 10.4. The van der Waals surface area contributed by atoms with Gasteiger partial charge in [0.2, 0.25) is 0 Å². The van der Waals surface area contributed by atoms with Gasteiger partial charge in [-0.05, 0) is 0 Å². The molecular weight excluding hydrogens is 426 g/mol. The molecule has 0 aliphatic carbocycles. The van der Waals surface area contributed by atoms with E-state index in [-0.39, 0.29) is 17.4 Å². The predicted molar refractivity (Wildman–Crippen MR) is 52.3 cm³/mol. The van der Waals surface area contributed by atoms with Crippen molar-refractivity contribution in [3.63, 3.8) is 0 Å². The molecule has 0 fully saturated rings. The van der Waals surface area contributed by atoms with Crippen molar-refractivity contribution in [1.82, 2.24) is 0 Å². The van der Waals surface area contributed by atoms with E-state index in [2.05, 4.69) is 0 Å². The second-order valence-electron chi connectivity index (χ2n) is 3.79. The molecule has 0 aromatic heterocycles. The lowest BCUT2D eigenvalue weighted by atomic mass is 9.98. The Hall–Kier alpha value is -0.468. The standard InChI is InChI=1S/C6HF13O3S.Al.3H/c7-1(8,3(11,12)5(15,16)17)2(9,10)4(13,14)6(18,19)23(20,21)22;;;;/h(H,20,21,22);;;;. The van der Waals surface area contributed by atoms with Crippen LogP contribution in [0, 0.1) is 0 Å². The van der Waals surface area contributed by atoms with Crippen LogP contribution in [0.1, 0.15) is 0 Å². The van der Waals surface area contributed by atoms with E-state index in [0.29, 0.717) is 0 Å². The fraction of sp³-hybridized carbons (Fsp3) is 1.00. The van der Waals surface area contributed by atoms with Crippen molar-refractivity contribution in [3.8, 4) is 0 Å². The van der Waals surface area contributed by atoms with Gasteiger partial charge in [-0.25, -0.2) is 0 Å². The minimum absolute atomic E-state index is 0. The molecule has 0 radical (unpaired) electrons. The molecule has 0 aliphatic rings. The Bertz CT molecular complexity index is 565. The van der Waals surface area contributed by atoms with Gasteiger partial charge in [0.05, 0.1) is 0 Å². The maximum Gasteiger partial charge on any atom is 0.460 e. The molecule has 0 aliphatic heterocycles. The first-order valence-electron chi connectivity index (χ1n) is 4.43. The smallest absolute Gasteiger partial charge is 0.281 e. The highest BCUT2D eigenvalue weighted by Crippen LogP contribution is 2.60. The Morgan fingerprint density at radius 2 is 0.792 bits per heavy atom. The van der Waals surface area contributed by atoms with Gasteiger partial charge in [0, 0.05) is 0 Å². The van der Waals surface area contributed by atoms with Crippen LogP contribution in [0.5, 0.6) is 0 Å². The number of hydrogen-bond donors (Lipinski definition) is 1. The summed E-state index contributed by atoms with van der Waals surface area (Å²) in [6.45, 7) is 0. The van der Waals surface area contributed by atoms with Crippen molar-refractivity contribution in [2.75, 3.05) is 0 Å².